The van der Waals surface area contributed by atoms with Gasteiger partial charge in [0.05, 0.1) is 7.11 Å². The average molecular weight is 353 g/mol. The highest BCUT2D eigenvalue weighted by molar-refractivity contribution is 6.30. The molecule has 0 N–H and O–H groups in total. The highest BCUT2D eigenvalue weighted by Crippen LogP contribution is 2.30. The number of halogens is 5. The summed E-state index contributed by atoms with van der Waals surface area (Å²) >= 11 is 5.64. The number of rotatable bonds is 2. The molecule has 0 bridgehead atoms. The molecule has 1 aromatic heterocycles. The average Bonchev–Trinajstić information content (AvgIpc) is 2.43. The second kappa shape index (κ2) is 5.73. The van der Waals surface area contributed by atoms with E-state index in [4.69, 9.17) is 16.3 Å². The van der Waals surface area contributed by atoms with Crippen LogP contribution in [0.1, 0.15) is 5.69 Å². The fourth-order valence-electron chi connectivity index (χ4n) is 2.02. The molecule has 0 saturated heterocycles. The Morgan fingerprint density at radius 1 is 1.17 bits per heavy atom. The summed E-state index contributed by atoms with van der Waals surface area (Å²) in [6.07, 6.45) is -4.91. The molecular weight excluding hydrogens is 344 g/mol. The summed E-state index contributed by atoms with van der Waals surface area (Å²) in [4.78, 5) is 24.1. The van der Waals surface area contributed by atoms with Crippen molar-refractivity contribution in [1.29, 1.82) is 0 Å². The summed E-state index contributed by atoms with van der Waals surface area (Å²) in [6, 6.07) is 2.14. The zero-order chi connectivity index (χ0) is 17.5. The number of nitrogens with zero attached hydrogens (tertiary/aromatic N) is 2. The molecule has 0 atom stereocenters. The molecule has 2 rings (SSSR count). The molecule has 0 fully saturated rings. The van der Waals surface area contributed by atoms with E-state index >= 15 is 0 Å². The first-order chi connectivity index (χ1) is 10.6. The largest absolute Gasteiger partial charge is 0.494 e. The van der Waals surface area contributed by atoms with Gasteiger partial charge in [-0.25, -0.2) is 13.8 Å². The van der Waals surface area contributed by atoms with Gasteiger partial charge in [-0.3, -0.25) is 9.36 Å². The van der Waals surface area contributed by atoms with Gasteiger partial charge in [-0.15, -0.1) is 0 Å². The second-order valence-corrected chi connectivity index (χ2v) is 4.92. The first kappa shape index (κ1) is 17.1. The molecule has 0 amide bonds. The molecule has 0 saturated carbocycles. The molecule has 5 nitrogen and oxygen atoms in total. The monoisotopic (exact) mass is 352 g/mol. The number of methoxy groups -OCH3 is 1. The third-order valence-electron chi connectivity index (χ3n) is 3.05. The van der Waals surface area contributed by atoms with E-state index in [0.29, 0.717) is 0 Å². The third kappa shape index (κ3) is 2.96. The van der Waals surface area contributed by atoms with Gasteiger partial charge in [0.1, 0.15) is 17.1 Å². The van der Waals surface area contributed by atoms with Gasteiger partial charge < -0.3 is 4.74 Å². The number of ether oxygens (including phenoxy) is 1. The van der Waals surface area contributed by atoms with Crippen LogP contribution in [0.25, 0.3) is 5.69 Å². The van der Waals surface area contributed by atoms with Crippen LogP contribution in [-0.4, -0.2) is 16.2 Å². The lowest BCUT2D eigenvalue weighted by Gasteiger charge is -2.16. The molecule has 0 aliphatic carbocycles. The summed E-state index contributed by atoms with van der Waals surface area (Å²) in [6.45, 7) is 0. The first-order valence-electron chi connectivity index (χ1n) is 6.01. The standard InChI is InChI=1S/C13H9ClF4N2O3/c1-19-9(13(16,17)18)5-10(21)20(12(19)22)11-7(15)3-6(14)4-8(11)23-2/h3-5H,1-2H3. The Morgan fingerprint density at radius 3 is 2.30 bits per heavy atom. The molecule has 0 aliphatic rings. The van der Waals surface area contributed by atoms with Crippen LogP contribution in [0.15, 0.2) is 27.8 Å². The lowest BCUT2D eigenvalue weighted by molar-refractivity contribution is -0.144. The fourth-order valence-corrected chi connectivity index (χ4v) is 2.21. The molecule has 0 unspecified atom stereocenters. The van der Waals surface area contributed by atoms with Gasteiger partial charge in [-0.05, 0) is 6.07 Å². The number of hydrogen-bond acceptors (Lipinski definition) is 3. The van der Waals surface area contributed by atoms with Crippen molar-refractivity contribution in [3.63, 3.8) is 0 Å². The van der Waals surface area contributed by atoms with Crippen molar-refractivity contribution >= 4 is 11.6 Å². The van der Waals surface area contributed by atoms with Crippen molar-refractivity contribution in [2.45, 2.75) is 6.18 Å². The zero-order valence-electron chi connectivity index (χ0n) is 11.7. The number of alkyl halides is 3. The van der Waals surface area contributed by atoms with Crippen LogP contribution in [-0.2, 0) is 13.2 Å². The Morgan fingerprint density at radius 2 is 1.78 bits per heavy atom. The van der Waals surface area contributed by atoms with E-state index in [0.717, 1.165) is 26.3 Å². The van der Waals surface area contributed by atoms with E-state index in [1.54, 1.807) is 0 Å². The van der Waals surface area contributed by atoms with Crippen LogP contribution >= 0.6 is 11.6 Å². The molecule has 1 aromatic carbocycles. The van der Waals surface area contributed by atoms with Gasteiger partial charge >= 0.3 is 11.9 Å². The summed E-state index contributed by atoms with van der Waals surface area (Å²) in [5.41, 5.74) is -4.78. The minimum atomic E-state index is -4.91. The quantitative estimate of drug-likeness (QED) is 0.780. The smallest absolute Gasteiger partial charge is 0.431 e. The molecule has 10 heteroatoms. The normalized spacial score (nSPS) is 11.6. The van der Waals surface area contributed by atoms with Crippen molar-refractivity contribution < 1.29 is 22.3 Å². The maximum absolute atomic E-state index is 14.1. The van der Waals surface area contributed by atoms with E-state index in [1.165, 1.54) is 0 Å². The minimum absolute atomic E-state index is 0.0696. The topological polar surface area (TPSA) is 53.2 Å². The van der Waals surface area contributed by atoms with Gasteiger partial charge in [0.15, 0.2) is 5.82 Å². The molecule has 124 valence electrons. The Kier molecular flexibility index (Phi) is 4.25. The van der Waals surface area contributed by atoms with Crippen LogP contribution < -0.4 is 16.0 Å². The SMILES string of the molecule is COc1cc(Cl)cc(F)c1-n1c(=O)cc(C(F)(F)F)n(C)c1=O. The van der Waals surface area contributed by atoms with Gasteiger partial charge in [0, 0.05) is 24.2 Å². The Hall–Kier alpha value is -2.29. The molecule has 2 aromatic rings. The predicted octanol–water partition coefficient (Wildman–Crippen LogP) is 2.36. The maximum Gasteiger partial charge on any atom is 0.431 e. The van der Waals surface area contributed by atoms with Gasteiger partial charge in [-0.2, -0.15) is 13.2 Å². The molecule has 23 heavy (non-hydrogen) atoms. The summed E-state index contributed by atoms with van der Waals surface area (Å²) in [5.74, 6) is -1.36. The van der Waals surface area contributed by atoms with Gasteiger partial charge in [0.25, 0.3) is 5.56 Å². The van der Waals surface area contributed by atoms with E-state index in [9.17, 15) is 27.2 Å². The van der Waals surface area contributed by atoms with Crippen LogP contribution in [0.2, 0.25) is 5.02 Å². The van der Waals surface area contributed by atoms with Crippen LogP contribution in [0.4, 0.5) is 17.6 Å². The highest BCUT2D eigenvalue weighted by atomic mass is 35.5. The van der Waals surface area contributed by atoms with E-state index in [-0.39, 0.29) is 26.0 Å². The number of aromatic nitrogens is 2. The lowest BCUT2D eigenvalue weighted by atomic mass is 10.2. The van der Waals surface area contributed by atoms with E-state index in [1.807, 2.05) is 0 Å². The van der Waals surface area contributed by atoms with Crippen molar-refractivity contribution in [3.8, 4) is 11.4 Å². The molecule has 1 heterocycles. The van der Waals surface area contributed by atoms with Crippen molar-refractivity contribution in [2.24, 2.45) is 7.05 Å². The van der Waals surface area contributed by atoms with Crippen LogP contribution in [0, 0.1) is 5.82 Å². The lowest BCUT2D eigenvalue weighted by Crippen LogP contribution is -2.41. The summed E-state index contributed by atoms with van der Waals surface area (Å²) in [5, 5.41) is -0.0696. The Labute approximate surface area is 131 Å². The van der Waals surface area contributed by atoms with Gasteiger partial charge in [-0.1, -0.05) is 11.6 Å². The highest BCUT2D eigenvalue weighted by Gasteiger charge is 2.35. The second-order valence-electron chi connectivity index (χ2n) is 4.48. The van der Waals surface area contributed by atoms with Gasteiger partial charge in [0.2, 0.25) is 0 Å². The molecule has 0 spiro atoms. The first-order valence-corrected chi connectivity index (χ1v) is 6.39. The number of hydrogen-bond donors (Lipinski definition) is 0. The predicted molar refractivity (Wildman–Crippen MR) is 73.8 cm³/mol. The van der Waals surface area contributed by atoms with Crippen molar-refractivity contribution in [3.05, 3.63) is 55.6 Å². The molecule has 0 radical (unpaired) electrons. The van der Waals surface area contributed by atoms with E-state index in [2.05, 4.69) is 0 Å². The third-order valence-corrected chi connectivity index (χ3v) is 3.27. The fraction of sp³-hybridized carbons (Fsp3) is 0.231. The van der Waals surface area contributed by atoms with Crippen molar-refractivity contribution in [1.82, 2.24) is 9.13 Å². The van der Waals surface area contributed by atoms with Crippen molar-refractivity contribution in [2.75, 3.05) is 7.11 Å². The van der Waals surface area contributed by atoms with Crippen LogP contribution in [0.5, 0.6) is 5.75 Å². The van der Waals surface area contributed by atoms with E-state index < -0.39 is 34.6 Å². The zero-order valence-corrected chi connectivity index (χ0v) is 12.5. The Bertz CT molecular complexity index is 886. The maximum atomic E-state index is 14.1. The number of benzene rings is 1. The summed E-state index contributed by atoms with van der Waals surface area (Å²) < 4.78 is 57.8. The molecule has 0 aliphatic heterocycles. The summed E-state index contributed by atoms with van der Waals surface area (Å²) in [7, 11) is 1.95. The van der Waals surface area contributed by atoms with Crippen LogP contribution in [0.3, 0.4) is 0 Å². The minimum Gasteiger partial charge on any atom is -0.494 e. The Balaban J connectivity index is 2.90. The molecular formula is C13H9ClF4N2O3.